The molecule has 2 unspecified atom stereocenters. The van der Waals surface area contributed by atoms with Crippen molar-refractivity contribution in [1.82, 2.24) is 4.98 Å². The Morgan fingerprint density at radius 3 is 2.95 bits per heavy atom. The van der Waals surface area contributed by atoms with Crippen LogP contribution in [0.2, 0.25) is 0 Å². The molecule has 1 fully saturated rings. The number of hydrogen-bond donors (Lipinski definition) is 1. The maximum Gasteiger partial charge on any atom is 0.158 e. The highest BCUT2D eigenvalue weighted by Crippen LogP contribution is 2.39. The third-order valence-corrected chi connectivity index (χ3v) is 6.01. The van der Waals surface area contributed by atoms with E-state index in [1.165, 1.54) is 7.11 Å². The summed E-state index contributed by atoms with van der Waals surface area (Å²) in [5.41, 5.74) is -0.123. The van der Waals surface area contributed by atoms with Crippen LogP contribution in [-0.4, -0.2) is 42.9 Å². The van der Waals surface area contributed by atoms with E-state index in [1.54, 1.807) is 12.1 Å². The van der Waals surface area contributed by atoms with Crippen LogP contribution in [0.4, 0.5) is 0 Å². The predicted molar refractivity (Wildman–Crippen MR) is 77.7 cm³/mol. The Morgan fingerprint density at radius 1 is 1.60 bits per heavy atom. The molecule has 6 nitrogen and oxygen atoms in total. The molecule has 1 N–H and O–H groups in total. The van der Waals surface area contributed by atoms with Gasteiger partial charge in [-0.05, 0) is 34.5 Å². The molecule has 0 spiro atoms. The molecule has 1 aliphatic rings. The summed E-state index contributed by atoms with van der Waals surface area (Å²) >= 11 is 3.30. The number of nitrogens with zero attached hydrogens (tertiary/aromatic N) is 2. The van der Waals surface area contributed by atoms with E-state index in [-0.39, 0.29) is 12.2 Å². The second kappa shape index (κ2) is 5.79. The van der Waals surface area contributed by atoms with E-state index in [2.05, 4.69) is 26.1 Å². The van der Waals surface area contributed by atoms with Crippen molar-refractivity contribution in [2.75, 3.05) is 12.9 Å². The van der Waals surface area contributed by atoms with Gasteiger partial charge in [0, 0.05) is 13.5 Å². The van der Waals surface area contributed by atoms with Crippen LogP contribution in [0.15, 0.2) is 28.0 Å². The summed E-state index contributed by atoms with van der Waals surface area (Å²) in [6, 6.07) is 5.42. The average Bonchev–Trinajstić information content (AvgIpc) is 2.42. The molecule has 0 radical (unpaired) electrons. The second-order valence-corrected chi connectivity index (χ2v) is 7.82. The Bertz CT molecular complexity index is 620. The summed E-state index contributed by atoms with van der Waals surface area (Å²) in [6.07, 6.45) is 1.55. The lowest BCUT2D eigenvalue weighted by Crippen LogP contribution is -2.45. The molecular weight excluding hydrogens is 348 g/mol. The fraction of sp³-hybridized carbons (Fsp3) is 0.500. The van der Waals surface area contributed by atoms with Crippen molar-refractivity contribution in [3.05, 3.63) is 28.5 Å². The van der Waals surface area contributed by atoms with E-state index < -0.39 is 20.7 Å². The zero-order valence-corrected chi connectivity index (χ0v) is 13.3. The first-order chi connectivity index (χ1) is 9.43. The van der Waals surface area contributed by atoms with Gasteiger partial charge in [-0.15, -0.1) is 5.16 Å². The summed E-state index contributed by atoms with van der Waals surface area (Å²) in [7, 11) is -1.78. The third-order valence-electron chi connectivity index (χ3n) is 3.59. The zero-order valence-electron chi connectivity index (χ0n) is 10.9. The minimum absolute atomic E-state index is 0.0360. The first kappa shape index (κ1) is 15.4. The average molecular weight is 363 g/mol. The number of aromatic nitrogens is 1. The number of sulfone groups is 1. The van der Waals surface area contributed by atoms with E-state index >= 15 is 0 Å². The summed E-state index contributed by atoms with van der Waals surface area (Å²) < 4.78 is 30.2. The maximum absolute atomic E-state index is 12.0. The van der Waals surface area contributed by atoms with Gasteiger partial charge in [0.1, 0.15) is 15.5 Å². The first-order valence-electron chi connectivity index (χ1n) is 6.01. The van der Waals surface area contributed by atoms with Crippen molar-refractivity contribution in [3.63, 3.8) is 0 Å². The van der Waals surface area contributed by atoms with Crippen molar-refractivity contribution < 1.29 is 18.4 Å². The largest absolute Gasteiger partial charge is 0.411 e. The third kappa shape index (κ3) is 2.87. The minimum Gasteiger partial charge on any atom is -0.411 e. The fourth-order valence-corrected chi connectivity index (χ4v) is 4.44. The van der Waals surface area contributed by atoms with Gasteiger partial charge in [0.05, 0.1) is 17.7 Å². The van der Waals surface area contributed by atoms with Gasteiger partial charge in [-0.1, -0.05) is 6.07 Å². The van der Waals surface area contributed by atoms with Gasteiger partial charge in [-0.2, -0.15) is 0 Å². The van der Waals surface area contributed by atoms with Crippen LogP contribution >= 0.6 is 15.9 Å². The topological polar surface area (TPSA) is 88.9 Å². The van der Waals surface area contributed by atoms with Crippen molar-refractivity contribution >= 4 is 32.0 Å². The highest BCUT2D eigenvalue weighted by molar-refractivity contribution is 9.10. The number of oxime groups is 1. The molecule has 0 aromatic carbocycles. The van der Waals surface area contributed by atoms with Crippen LogP contribution < -0.4 is 0 Å². The Labute approximate surface area is 125 Å². The molecule has 0 bridgehead atoms. The monoisotopic (exact) mass is 362 g/mol. The van der Waals surface area contributed by atoms with Crippen LogP contribution in [0, 0.1) is 0 Å². The summed E-state index contributed by atoms with van der Waals surface area (Å²) in [4.78, 5) is 4.37. The van der Waals surface area contributed by atoms with E-state index in [0.29, 0.717) is 16.7 Å². The zero-order chi connectivity index (χ0) is 14.8. The molecule has 0 amide bonds. The smallest absolute Gasteiger partial charge is 0.158 e. The first-order valence-corrected chi connectivity index (χ1v) is 8.52. The Morgan fingerprint density at radius 2 is 2.35 bits per heavy atom. The Balaban J connectivity index is 2.42. The van der Waals surface area contributed by atoms with Gasteiger partial charge >= 0.3 is 0 Å². The molecule has 8 heteroatoms. The number of ether oxygens (including phenoxy) is 1. The number of rotatable bonds is 3. The lowest BCUT2D eigenvalue weighted by atomic mass is 9.89. The Kier molecular flexibility index (Phi) is 4.46. The maximum atomic E-state index is 12.0. The van der Waals surface area contributed by atoms with Crippen LogP contribution in [0.5, 0.6) is 0 Å². The SMILES string of the molecule is COC1(c2cccc(Br)n2)CCS(=O)(=O)C(/C=N/O)C1. The van der Waals surface area contributed by atoms with Gasteiger partial charge in [0.25, 0.3) is 0 Å². The highest BCUT2D eigenvalue weighted by Gasteiger charge is 2.45. The lowest BCUT2D eigenvalue weighted by molar-refractivity contribution is -0.0295. The van der Waals surface area contributed by atoms with E-state index in [4.69, 9.17) is 9.94 Å². The van der Waals surface area contributed by atoms with Crippen molar-refractivity contribution in [1.29, 1.82) is 0 Å². The molecule has 1 aromatic heterocycles. The molecule has 0 saturated carbocycles. The van der Waals surface area contributed by atoms with Gasteiger partial charge in [0.2, 0.25) is 0 Å². The van der Waals surface area contributed by atoms with E-state index in [1.807, 2.05) is 6.07 Å². The minimum atomic E-state index is -3.31. The molecule has 0 aliphatic carbocycles. The molecular formula is C12H15BrN2O4S. The van der Waals surface area contributed by atoms with Gasteiger partial charge in [-0.3, -0.25) is 0 Å². The van der Waals surface area contributed by atoms with E-state index in [9.17, 15) is 8.42 Å². The van der Waals surface area contributed by atoms with Crippen molar-refractivity contribution in [2.45, 2.75) is 23.7 Å². The normalized spacial score (nSPS) is 29.6. The number of pyridine rings is 1. The van der Waals surface area contributed by atoms with Crippen LogP contribution in [-0.2, 0) is 20.2 Å². The van der Waals surface area contributed by atoms with Crippen molar-refractivity contribution in [3.8, 4) is 0 Å². The Hall–Kier alpha value is -0.990. The number of halogens is 1. The molecule has 2 heterocycles. The molecule has 2 rings (SSSR count). The summed E-state index contributed by atoms with van der Waals surface area (Å²) in [5, 5.41) is 10.7. The quantitative estimate of drug-likeness (QED) is 0.382. The van der Waals surface area contributed by atoms with Crippen molar-refractivity contribution in [2.24, 2.45) is 5.16 Å². The van der Waals surface area contributed by atoms with Crippen LogP contribution in [0.3, 0.4) is 0 Å². The van der Waals surface area contributed by atoms with Gasteiger partial charge in [0.15, 0.2) is 9.84 Å². The fourth-order valence-electron chi connectivity index (χ4n) is 2.42. The molecule has 1 aliphatic heterocycles. The van der Waals surface area contributed by atoms with Gasteiger partial charge < -0.3 is 9.94 Å². The summed E-state index contributed by atoms with van der Waals surface area (Å²) in [6.45, 7) is 0. The molecule has 1 saturated heterocycles. The lowest BCUT2D eigenvalue weighted by Gasteiger charge is -2.38. The van der Waals surface area contributed by atoms with Gasteiger partial charge in [-0.25, -0.2) is 13.4 Å². The molecule has 20 heavy (non-hydrogen) atoms. The highest BCUT2D eigenvalue weighted by atomic mass is 79.9. The summed E-state index contributed by atoms with van der Waals surface area (Å²) in [5.74, 6) is -0.0360. The standard InChI is InChI=1S/C12H15BrN2O4S/c1-19-12(10-3-2-4-11(13)15-10)5-6-20(17,18)9(7-12)8-14-16/h2-4,8-9,16H,5-7H2,1H3/b14-8+. The molecule has 110 valence electrons. The molecule has 2 atom stereocenters. The van der Waals surface area contributed by atoms with Crippen LogP contribution in [0.25, 0.3) is 0 Å². The second-order valence-electron chi connectivity index (χ2n) is 4.67. The number of hydrogen-bond acceptors (Lipinski definition) is 6. The predicted octanol–water partition coefficient (Wildman–Crippen LogP) is 1.72. The molecule has 1 aromatic rings. The number of methoxy groups -OCH3 is 1. The van der Waals surface area contributed by atoms with E-state index in [0.717, 1.165) is 6.21 Å². The van der Waals surface area contributed by atoms with Crippen LogP contribution in [0.1, 0.15) is 18.5 Å².